The predicted molar refractivity (Wildman–Crippen MR) is 33.8 cm³/mol. The summed E-state index contributed by atoms with van der Waals surface area (Å²) in [5.74, 6) is 0. The first kappa shape index (κ1) is 4.56. The normalized spacial score (nSPS) is 10.2. The van der Waals surface area contributed by atoms with Crippen molar-refractivity contribution in [3.63, 3.8) is 0 Å². The molecule has 1 N–H and O–H groups in total. The van der Waals surface area contributed by atoms with Crippen LogP contribution >= 0.6 is 0 Å². The van der Waals surface area contributed by atoms with E-state index in [0.717, 1.165) is 10.9 Å². The molecule has 9 heavy (non-hydrogen) atoms. The van der Waals surface area contributed by atoms with Crippen LogP contribution in [0.3, 0.4) is 0 Å². The van der Waals surface area contributed by atoms with Crippen LogP contribution in [0.1, 0.15) is 0 Å². The maximum atomic E-state index is 3.83. The molecule has 2 rings (SSSR count). The van der Waals surface area contributed by atoms with Gasteiger partial charge >= 0.3 is 0 Å². The van der Waals surface area contributed by atoms with Gasteiger partial charge in [0.15, 0.2) is 0 Å². The lowest BCUT2D eigenvalue weighted by molar-refractivity contribution is 1.12. The fourth-order valence-corrected chi connectivity index (χ4v) is 0.767. The van der Waals surface area contributed by atoms with E-state index in [2.05, 4.69) is 22.3 Å². The van der Waals surface area contributed by atoms with Crippen molar-refractivity contribution in [3.8, 4) is 0 Å². The molecule has 0 amide bonds. The van der Waals surface area contributed by atoms with Crippen molar-refractivity contribution in [1.82, 2.24) is 10.2 Å². The van der Waals surface area contributed by atoms with Gasteiger partial charge in [-0.15, -0.1) is 0 Å². The van der Waals surface area contributed by atoms with Gasteiger partial charge in [-0.3, -0.25) is 5.10 Å². The number of aromatic amines is 1. The molecular weight excluding hydrogens is 112 g/mol. The molecular formula is C7H4N2. The van der Waals surface area contributed by atoms with Crippen LogP contribution in [-0.2, 0) is 0 Å². The molecule has 1 aromatic carbocycles. The van der Waals surface area contributed by atoms with E-state index in [0.29, 0.717) is 0 Å². The molecule has 2 heteroatoms. The molecule has 2 nitrogen and oxygen atoms in total. The van der Waals surface area contributed by atoms with Crippen LogP contribution in [0.4, 0.5) is 0 Å². The van der Waals surface area contributed by atoms with E-state index >= 15 is 0 Å². The van der Waals surface area contributed by atoms with E-state index in [9.17, 15) is 0 Å². The number of benzene rings is 1. The van der Waals surface area contributed by atoms with Crippen LogP contribution in [0.5, 0.6) is 0 Å². The summed E-state index contributed by atoms with van der Waals surface area (Å²) in [5, 5.41) is 7.63. The number of rotatable bonds is 0. The number of nitrogens with one attached hydrogen (secondary N) is 1. The smallest absolute Gasteiger partial charge is 0.0657 e. The zero-order valence-corrected chi connectivity index (χ0v) is 4.68. The SMILES string of the molecule is [c]1[c]c2cn[nH]c2cc1. The van der Waals surface area contributed by atoms with Gasteiger partial charge in [0.1, 0.15) is 0 Å². The molecule has 2 radical (unpaired) electrons. The Kier molecular flexibility index (Phi) is 0.803. The first-order chi connectivity index (χ1) is 4.47. The minimum Gasteiger partial charge on any atom is -0.278 e. The van der Waals surface area contributed by atoms with Crippen molar-refractivity contribution in [2.24, 2.45) is 0 Å². The molecule has 0 aliphatic rings. The topological polar surface area (TPSA) is 28.7 Å². The lowest BCUT2D eigenvalue weighted by atomic mass is 10.3. The summed E-state index contributed by atoms with van der Waals surface area (Å²) in [4.78, 5) is 0. The maximum Gasteiger partial charge on any atom is 0.0657 e. The summed E-state index contributed by atoms with van der Waals surface area (Å²) in [6.45, 7) is 0. The average molecular weight is 116 g/mol. The lowest BCUT2D eigenvalue weighted by Gasteiger charge is -1.79. The van der Waals surface area contributed by atoms with Crippen molar-refractivity contribution >= 4 is 10.9 Å². The molecule has 1 aromatic heterocycles. The standard InChI is InChI=1S/C7H4N2/c1-2-4-7-6(3-1)5-8-9-7/h2,4-5H,(H,8,9). The van der Waals surface area contributed by atoms with Gasteiger partial charge in [0.2, 0.25) is 0 Å². The summed E-state index contributed by atoms with van der Waals surface area (Å²) < 4.78 is 0. The van der Waals surface area contributed by atoms with E-state index in [-0.39, 0.29) is 0 Å². The van der Waals surface area contributed by atoms with Gasteiger partial charge in [0, 0.05) is 11.5 Å². The van der Waals surface area contributed by atoms with Crippen molar-refractivity contribution < 1.29 is 0 Å². The van der Waals surface area contributed by atoms with Crippen LogP contribution in [0.15, 0.2) is 18.3 Å². The Balaban J connectivity index is 2.95. The Labute approximate surface area is 52.5 Å². The van der Waals surface area contributed by atoms with Crippen LogP contribution in [0.2, 0.25) is 0 Å². The second kappa shape index (κ2) is 1.58. The highest BCUT2D eigenvalue weighted by Crippen LogP contribution is 2.05. The van der Waals surface area contributed by atoms with E-state index in [4.69, 9.17) is 0 Å². The number of H-pyrrole nitrogens is 1. The van der Waals surface area contributed by atoms with Crippen LogP contribution in [0.25, 0.3) is 10.9 Å². The molecule has 0 bridgehead atoms. The summed E-state index contributed by atoms with van der Waals surface area (Å²) in [7, 11) is 0. The van der Waals surface area contributed by atoms with E-state index < -0.39 is 0 Å². The molecule has 0 aliphatic heterocycles. The second-order valence-corrected chi connectivity index (χ2v) is 1.80. The van der Waals surface area contributed by atoms with Crippen LogP contribution < -0.4 is 0 Å². The third kappa shape index (κ3) is 0.598. The van der Waals surface area contributed by atoms with Crippen LogP contribution in [-0.4, -0.2) is 10.2 Å². The number of hydrogen-bond donors (Lipinski definition) is 1. The van der Waals surface area contributed by atoms with E-state index in [1.54, 1.807) is 12.3 Å². The first-order valence-corrected chi connectivity index (χ1v) is 2.68. The highest BCUT2D eigenvalue weighted by molar-refractivity contribution is 5.76. The zero-order valence-electron chi connectivity index (χ0n) is 4.68. The lowest BCUT2D eigenvalue weighted by Crippen LogP contribution is -1.64. The maximum absolute atomic E-state index is 3.83. The van der Waals surface area contributed by atoms with Crippen molar-refractivity contribution in [2.45, 2.75) is 0 Å². The summed E-state index contributed by atoms with van der Waals surface area (Å²) >= 11 is 0. The largest absolute Gasteiger partial charge is 0.278 e. The monoisotopic (exact) mass is 116 g/mol. The predicted octanol–water partition coefficient (Wildman–Crippen LogP) is 1.16. The third-order valence-electron chi connectivity index (χ3n) is 1.21. The molecule has 0 spiro atoms. The summed E-state index contributed by atoms with van der Waals surface area (Å²) in [6.07, 6.45) is 1.73. The van der Waals surface area contributed by atoms with Gasteiger partial charge in [-0.1, -0.05) is 6.07 Å². The molecule has 0 saturated heterocycles. The number of aromatic nitrogens is 2. The van der Waals surface area contributed by atoms with Crippen molar-refractivity contribution in [3.05, 3.63) is 30.5 Å². The van der Waals surface area contributed by atoms with E-state index in [1.807, 2.05) is 6.07 Å². The Bertz CT molecular complexity index is 281. The van der Waals surface area contributed by atoms with Crippen LogP contribution in [0, 0.1) is 12.1 Å². The first-order valence-electron chi connectivity index (χ1n) is 2.68. The van der Waals surface area contributed by atoms with E-state index in [1.165, 1.54) is 0 Å². The van der Waals surface area contributed by atoms with Gasteiger partial charge in [0.25, 0.3) is 0 Å². The van der Waals surface area contributed by atoms with Gasteiger partial charge in [-0.05, 0) is 12.1 Å². The minimum absolute atomic E-state index is 0.984. The van der Waals surface area contributed by atoms with Gasteiger partial charge < -0.3 is 0 Å². The Morgan fingerprint density at radius 1 is 1.56 bits per heavy atom. The molecule has 0 fully saturated rings. The quantitative estimate of drug-likeness (QED) is 0.549. The Morgan fingerprint density at radius 2 is 2.56 bits per heavy atom. The fourth-order valence-electron chi connectivity index (χ4n) is 0.767. The Morgan fingerprint density at radius 3 is 3.44 bits per heavy atom. The molecule has 42 valence electrons. The molecule has 0 unspecified atom stereocenters. The molecule has 0 saturated carbocycles. The minimum atomic E-state index is 0.984. The number of hydrogen-bond acceptors (Lipinski definition) is 1. The van der Waals surface area contributed by atoms with Gasteiger partial charge in [-0.25, -0.2) is 0 Å². The average Bonchev–Trinajstić information content (AvgIpc) is 2.33. The summed E-state index contributed by atoms with van der Waals surface area (Å²) in [6, 6.07) is 9.47. The van der Waals surface area contributed by atoms with Crippen molar-refractivity contribution in [1.29, 1.82) is 0 Å². The Hall–Kier alpha value is -1.31. The molecule has 0 atom stereocenters. The highest BCUT2D eigenvalue weighted by atomic mass is 15.1. The second-order valence-electron chi connectivity index (χ2n) is 1.80. The highest BCUT2D eigenvalue weighted by Gasteiger charge is 1.89. The summed E-state index contributed by atoms with van der Waals surface area (Å²) in [5.41, 5.74) is 1.01. The molecule has 1 heterocycles. The van der Waals surface area contributed by atoms with Gasteiger partial charge in [-0.2, -0.15) is 5.10 Å². The fraction of sp³-hybridized carbons (Fsp3) is 0. The molecule has 2 aromatic rings. The molecule has 0 aliphatic carbocycles. The van der Waals surface area contributed by atoms with Crippen molar-refractivity contribution in [2.75, 3.05) is 0 Å². The number of fused-ring (bicyclic) bond motifs is 1. The number of nitrogens with zero attached hydrogens (tertiary/aromatic N) is 1. The third-order valence-corrected chi connectivity index (χ3v) is 1.21. The van der Waals surface area contributed by atoms with Gasteiger partial charge in [0.05, 0.1) is 11.7 Å². The zero-order chi connectivity index (χ0) is 6.10.